The van der Waals surface area contributed by atoms with Gasteiger partial charge in [-0.15, -0.1) is 0 Å². The Morgan fingerprint density at radius 1 is 1.10 bits per heavy atom. The molecule has 0 saturated carbocycles. The molecule has 170 valence electrons. The van der Waals surface area contributed by atoms with Crippen LogP contribution in [0.15, 0.2) is 30.5 Å². The van der Waals surface area contributed by atoms with E-state index in [1.807, 2.05) is 6.20 Å². The number of aromatic nitrogens is 2. The summed E-state index contributed by atoms with van der Waals surface area (Å²) in [5, 5.41) is 3.50. The van der Waals surface area contributed by atoms with Gasteiger partial charge in [-0.3, -0.25) is 0 Å². The minimum absolute atomic E-state index is 0.772. The van der Waals surface area contributed by atoms with Crippen LogP contribution < -0.4 is 10.2 Å². The van der Waals surface area contributed by atoms with Gasteiger partial charge in [0.05, 0.1) is 6.61 Å². The lowest BCUT2D eigenvalue weighted by molar-refractivity contribution is 0.150. The van der Waals surface area contributed by atoms with Crippen molar-refractivity contribution in [2.24, 2.45) is 0 Å². The molecule has 0 unspecified atom stereocenters. The minimum Gasteiger partial charge on any atom is -0.383 e. The van der Waals surface area contributed by atoms with Crippen molar-refractivity contribution in [1.82, 2.24) is 19.8 Å². The summed E-state index contributed by atoms with van der Waals surface area (Å²) in [7, 11) is 3.94. The third-order valence-electron chi connectivity index (χ3n) is 5.97. The van der Waals surface area contributed by atoms with Gasteiger partial charge in [0, 0.05) is 69.4 Å². The van der Waals surface area contributed by atoms with Gasteiger partial charge in [0.15, 0.2) is 5.82 Å². The monoisotopic (exact) mass is 426 g/mol. The Bertz CT molecular complexity index is 789. The van der Waals surface area contributed by atoms with E-state index in [9.17, 15) is 0 Å². The molecule has 1 fully saturated rings. The van der Waals surface area contributed by atoms with E-state index in [4.69, 9.17) is 9.72 Å². The zero-order valence-electron chi connectivity index (χ0n) is 19.6. The van der Waals surface area contributed by atoms with Crippen molar-refractivity contribution in [3.63, 3.8) is 0 Å². The summed E-state index contributed by atoms with van der Waals surface area (Å²) in [6.07, 6.45) is 2.98. The molecule has 0 spiro atoms. The van der Waals surface area contributed by atoms with Crippen molar-refractivity contribution in [1.29, 1.82) is 0 Å². The number of hydrogen-bond acceptors (Lipinski definition) is 7. The van der Waals surface area contributed by atoms with E-state index < -0.39 is 0 Å². The van der Waals surface area contributed by atoms with Crippen LogP contribution in [-0.2, 0) is 4.74 Å². The minimum atomic E-state index is 0.772. The number of nitrogens with one attached hydrogen (secondary N) is 1. The topological polar surface area (TPSA) is 56.8 Å². The maximum absolute atomic E-state index is 5.19. The summed E-state index contributed by atoms with van der Waals surface area (Å²) < 4.78 is 5.19. The molecule has 7 nitrogen and oxygen atoms in total. The largest absolute Gasteiger partial charge is 0.383 e. The fourth-order valence-electron chi connectivity index (χ4n) is 3.80. The Labute approximate surface area is 187 Å². The van der Waals surface area contributed by atoms with Gasteiger partial charge in [-0.05, 0) is 57.7 Å². The number of nitrogens with zero attached hydrogens (tertiary/aromatic N) is 5. The molecule has 0 bridgehead atoms. The number of rotatable bonds is 11. The lowest BCUT2D eigenvalue weighted by Crippen LogP contribution is -2.44. The Balaban J connectivity index is 1.56. The van der Waals surface area contributed by atoms with Crippen molar-refractivity contribution >= 4 is 11.5 Å². The fourth-order valence-corrected chi connectivity index (χ4v) is 3.80. The SMILES string of the molecule is CCN(CCCNc1nc(-c2ccc(N3CCN(C)CC3)cc2)ncc1C)CCOC. The van der Waals surface area contributed by atoms with Crippen LogP contribution in [0.4, 0.5) is 11.5 Å². The van der Waals surface area contributed by atoms with Crippen molar-refractivity contribution < 1.29 is 4.74 Å². The highest BCUT2D eigenvalue weighted by molar-refractivity contribution is 5.62. The summed E-state index contributed by atoms with van der Waals surface area (Å²) in [6.45, 7) is 13.4. The number of aryl methyl sites for hydroxylation is 1. The first-order valence-electron chi connectivity index (χ1n) is 11.4. The second-order valence-corrected chi connectivity index (χ2v) is 8.27. The number of methoxy groups -OCH3 is 1. The average Bonchev–Trinajstić information content (AvgIpc) is 2.80. The summed E-state index contributed by atoms with van der Waals surface area (Å²) in [4.78, 5) is 16.6. The zero-order valence-corrected chi connectivity index (χ0v) is 19.6. The van der Waals surface area contributed by atoms with E-state index in [1.165, 1.54) is 5.69 Å². The molecule has 1 aromatic heterocycles. The molecule has 3 rings (SSSR count). The molecule has 31 heavy (non-hydrogen) atoms. The van der Waals surface area contributed by atoms with E-state index in [0.717, 1.165) is 88.2 Å². The van der Waals surface area contributed by atoms with Gasteiger partial charge < -0.3 is 24.8 Å². The van der Waals surface area contributed by atoms with Gasteiger partial charge in [-0.2, -0.15) is 0 Å². The smallest absolute Gasteiger partial charge is 0.161 e. The molecule has 2 heterocycles. The van der Waals surface area contributed by atoms with E-state index in [1.54, 1.807) is 7.11 Å². The zero-order chi connectivity index (χ0) is 22.1. The lowest BCUT2D eigenvalue weighted by Gasteiger charge is -2.34. The van der Waals surface area contributed by atoms with Crippen LogP contribution in [0.25, 0.3) is 11.4 Å². The van der Waals surface area contributed by atoms with Crippen LogP contribution in [0, 0.1) is 6.92 Å². The van der Waals surface area contributed by atoms with E-state index in [-0.39, 0.29) is 0 Å². The molecular weight excluding hydrogens is 388 g/mol. The second kappa shape index (κ2) is 12.0. The fraction of sp³-hybridized carbons (Fsp3) is 0.583. The molecule has 1 saturated heterocycles. The molecule has 0 amide bonds. The van der Waals surface area contributed by atoms with E-state index >= 15 is 0 Å². The normalized spacial score (nSPS) is 14.9. The number of ether oxygens (including phenoxy) is 1. The summed E-state index contributed by atoms with van der Waals surface area (Å²) in [5.41, 5.74) is 3.40. The third kappa shape index (κ3) is 6.89. The lowest BCUT2D eigenvalue weighted by atomic mass is 10.1. The maximum Gasteiger partial charge on any atom is 0.161 e. The molecule has 1 aromatic carbocycles. The standard InChI is InChI=1S/C24H38N6O/c1-5-29(17-18-31-4)12-6-11-25-23-20(2)19-26-24(27-23)21-7-9-22(10-8-21)30-15-13-28(3)14-16-30/h7-10,19H,5-6,11-18H2,1-4H3,(H,25,26,27). The molecule has 1 aliphatic rings. The third-order valence-corrected chi connectivity index (χ3v) is 5.97. The van der Waals surface area contributed by atoms with Gasteiger partial charge in [-0.25, -0.2) is 9.97 Å². The molecular formula is C24H38N6O. The number of hydrogen-bond donors (Lipinski definition) is 1. The van der Waals surface area contributed by atoms with Crippen LogP contribution in [0.5, 0.6) is 0 Å². The summed E-state index contributed by atoms with van der Waals surface area (Å²) in [5.74, 6) is 1.70. The Kier molecular flexibility index (Phi) is 9.06. The summed E-state index contributed by atoms with van der Waals surface area (Å²) in [6, 6.07) is 8.65. The number of piperazine rings is 1. The highest BCUT2D eigenvalue weighted by Gasteiger charge is 2.14. The van der Waals surface area contributed by atoms with Gasteiger partial charge in [-0.1, -0.05) is 6.92 Å². The predicted octanol–water partition coefficient (Wildman–Crippen LogP) is 2.97. The van der Waals surface area contributed by atoms with Gasteiger partial charge in [0.25, 0.3) is 0 Å². The molecule has 0 atom stereocenters. The Hall–Kier alpha value is -2.22. The molecule has 1 N–H and O–H groups in total. The first kappa shape index (κ1) is 23.4. The highest BCUT2D eigenvalue weighted by Crippen LogP contribution is 2.23. The van der Waals surface area contributed by atoms with Crippen LogP contribution in [0.1, 0.15) is 18.9 Å². The molecule has 2 aromatic rings. The van der Waals surface area contributed by atoms with Gasteiger partial charge >= 0.3 is 0 Å². The molecule has 0 aliphatic carbocycles. The van der Waals surface area contributed by atoms with Gasteiger partial charge in [0.2, 0.25) is 0 Å². The summed E-state index contributed by atoms with van der Waals surface area (Å²) >= 11 is 0. The molecule has 1 aliphatic heterocycles. The van der Waals surface area contributed by atoms with Gasteiger partial charge in [0.1, 0.15) is 5.82 Å². The van der Waals surface area contributed by atoms with Crippen LogP contribution in [-0.4, -0.2) is 92.9 Å². The van der Waals surface area contributed by atoms with Crippen molar-refractivity contribution in [2.75, 3.05) is 83.3 Å². The highest BCUT2D eigenvalue weighted by atomic mass is 16.5. The molecule has 0 radical (unpaired) electrons. The number of likely N-dealkylation sites (N-methyl/N-ethyl adjacent to an activating group) is 2. The number of benzene rings is 1. The maximum atomic E-state index is 5.19. The second-order valence-electron chi connectivity index (χ2n) is 8.27. The molecule has 7 heteroatoms. The van der Waals surface area contributed by atoms with Crippen molar-refractivity contribution in [3.05, 3.63) is 36.0 Å². The van der Waals surface area contributed by atoms with Crippen molar-refractivity contribution in [2.45, 2.75) is 20.3 Å². The first-order valence-corrected chi connectivity index (χ1v) is 11.4. The number of anilines is 2. The first-order chi connectivity index (χ1) is 15.1. The quantitative estimate of drug-likeness (QED) is 0.554. The average molecular weight is 427 g/mol. The van der Waals surface area contributed by atoms with Crippen molar-refractivity contribution in [3.8, 4) is 11.4 Å². The van der Waals surface area contributed by atoms with Crippen LogP contribution >= 0.6 is 0 Å². The van der Waals surface area contributed by atoms with E-state index in [0.29, 0.717) is 0 Å². The predicted molar refractivity (Wildman–Crippen MR) is 129 cm³/mol. The van der Waals surface area contributed by atoms with Crippen LogP contribution in [0.3, 0.4) is 0 Å². The Morgan fingerprint density at radius 3 is 2.52 bits per heavy atom. The van der Waals surface area contributed by atoms with Crippen LogP contribution in [0.2, 0.25) is 0 Å². The van der Waals surface area contributed by atoms with E-state index in [2.05, 4.69) is 70.2 Å². The Morgan fingerprint density at radius 2 is 1.84 bits per heavy atom.